The zero-order valence-electron chi connectivity index (χ0n) is 14.4. The van der Waals surface area contributed by atoms with Gasteiger partial charge in [0, 0.05) is 41.3 Å². The first-order valence-corrected chi connectivity index (χ1v) is 8.82. The zero-order chi connectivity index (χ0) is 18.4. The van der Waals surface area contributed by atoms with Crippen LogP contribution in [-0.4, -0.2) is 35.1 Å². The molecular weight excluding hydrogens is 332 g/mol. The normalized spacial score (nSPS) is 17.0. The van der Waals surface area contributed by atoms with E-state index in [4.69, 9.17) is 0 Å². The minimum absolute atomic E-state index is 0.185. The van der Waals surface area contributed by atoms with E-state index in [0.29, 0.717) is 34.1 Å². The van der Waals surface area contributed by atoms with E-state index < -0.39 is 0 Å². The van der Waals surface area contributed by atoms with Gasteiger partial charge in [0.2, 0.25) is 11.8 Å². The summed E-state index contributed by atoms with van der Waals surface area (Å²) in [6.07, 6.45) is 2.00. The van der Waals surface area contributed by atoms with E-state index in [1.807, 2.05) is 6.92 Å². The number of imide groups is 2. The highest BCUT2D eigenvalue weighted by molar-refractivity contribution is 6.29. The summed E-state index contributed by atoms with van der Waals surface area (Å²) in [5.41, 5.74) is 1.32. The Morgan fingerprint density at radius 3 is 2.19 bits per heavy atom. The van der Waals surface area contributed by atoms with Crippen LogP contribution in [0.1, 0.15) is 53.3 Å². The standard InChI is InChI=1S/C20H18N2O4/c1-2-3-11-21-19(25)13-6-4-5-12-15(22-16(23)9-10-17(22)24)8-7-14(18(12)13)20(21)26/h4-8H,2-3,9-11H2,1H3. The fourth-order valence-corrected chi connectivity index (χ4v) is 3.69. The van der Waals surface area contributed by atoms with Crippen molar-refractivity contribution in [3.63, 3.8) is 0 Å². The Morgan fingerprint density at radius 2 is 1.54 bits per heavy atom. The molecule has 1 fully saturated rings. The number of hydrogen-bond acceptors (Lipinski definition) is 4. The summed E-state index contributed by atoms with van der Waals surface area (Å²) in [6, 6.07) is 8.42. The molecule has 2 aliphatic rings. The van der Waals surface area contributed by atoms with Gasteiger partial charge in [0.1, 0.15) is 0 Å². The number of carbonyl (C=O) groups is 4. The second-order valence-corrected chi connectivity index (χ2v) is 6.60. The molecule has 1 saturated heterocycles. The SMILES string of the molecule is CCCCN1C(=O)c2cccc3c(N4C(=O)CCC4=O)ccc(c23)C1=O. The van der Waals surface area contributed by atoms with E-state index in [9.17, 15) is 19.2 Å². The summed E-state index contributed by atoms with van der Waals surface area (Å²) in [7, 11) is 0. The van der Waals surface area contributed by atoms with Gasteiger partial charge in [-0.2, -0.15) is 0 Å². The molecule has 0 spiro atoms. The molecule has 2 aromatic carbocycles. The lowest BCUT2D eigenvalue weighted by molar-refractivity contribution is -0.121. The monoisotopic (exact) mass is 350 g/mol. The van der Waals surface area contributed by atoms with Gasteiger partial charge < -0.3 is 0 Å². The van der Waals surface area contributed by atoms with Gasteiger partial charge in [0.05, 0.1) is 5.69 Å². The van der Waals surface area contributed by atoms with E-state index in [0.717, 1.165) is 12.8 Å². The van der Waals surface area contributed by atoms with Crippen LogP contribution < -0.4 is 4.90 Å². The highest BCUT2D eigenvalue weighted by atomic mass is 16.2. The van der Waals surface area contributed by atoms with Crippen LogP contribution in [0.3, 0.4) is 0 Å². The number of unbranched alkanes of at least 4 members (excludes halogenated alkanes) is 1. The van der Waals surface area contributed by atoms with Crippen molar-refractivity contribution in [2.75, 3.05) is 11.4 Å². The maximum atomic E-state index is 12.8. The molecule has 2 aliphatic heterocycles. The smallest absolute Gasteiger partial charge is 0.261 e. The zero-order valence-corrected chi connectivity index (χ0v) is 14.4. The number of anilines is 1. The predicted octanol–water partition coefficient (Wildman–Crippen LogP) is 2.89. The van der Waals surface area contributed by atoms with Crippen LogP contribution in [0, 0.1) is 0 Å². The summed E-state index contributed by atoms with van der Waals surface area (Å²) in [5, 5.41) is 1.11. The first kappa shape index (κ1) is 16.4. The van der Waals surface area contributed by atoms with Gasteiger partial charge in [0.15, 0.2) is 0 Å². The van der Waals surface area contributed by atoms with Crippen molar-refractivity contribution in [3.8, 4) is 0 Å². The van der Waals surface area contributed by atoms with Crippen molar-refractivity contribution in [2.24, 2.45) is 0 Å². The van der Waals surface area contributed by atoms with Crippen molar-refractivity contribution < 1.29 is 19.2 Å². The third-order valence-electron chi connectivity index (χ3n) is 5.00. The number of amides is 4. The molecule has 6 heteroatoms. The number of rotatable bonds is 4. The van der Waals surface area contributed by atoms with E-state index in [1.165, 1.54) is 9.80 Å². The van der Waals surface area contributed by atoms with Crippen molar-refractivity contribution in [3.05, 3.63) is 41.5 Å². The number of hydrogen-bond donors (Lipinski definition) is 0. The first-order chi connectivity index (χ1) is 12.5. The molecule has 0 saturated carbocycles. The van der Waals surface area contributed by atoms with Gasteiger partial charge in [0.25, 0.3) is 11.8 Å². The Kier molecular flexibility index (Phi) is 3.83. The molecule has 0 atom stereocenters. The Bertz CT molecular complexity index is 941. The minimum atomic E-state index is -0.322. The van der Waals surface area contributed by atoms with Gasteiger partial charge >= 0.3 is 0 Å². The van der Waals surface area contributed by atoms with Crippen molar-refractivity contribution in [2.45, 2.75) is 32.6 Å². The highest BCUT2D eigenvalue weighted by Gasteiger charge is 2.36. The van der Waals surface area contributed by atoms with Gasteiger partial charge in [-0.1, -0.05) is 25.5 Å². The molecule has 4 rings (SSSR count). The Labute approximate surface area is 150 Å². The Balaban J connectivity index is 1.91. The molecule has 0 radical (unpaired) electrons. The molecular formula is C20H18N2O4. The number of carbonyl (C=O) groups excluding carboxylic acids is 4. The Morgan fingerprint density at radius 1 is 0.885 bits per heavy atom. The van der Waals surface area contributed by atoms with E-state index >= 15 is 0 Å². The second kappa shape index (κ2) is 6.05. The molecule has 0 unspecified atom stereocenters. The van der Waals surface area contributed by atoms with Crippen LogP contribution in [0.25, 0.3) is 10.8 Å². The van der Waals surface area contributed by atoms with Gasteiger partial charge in [-0.25, -0.2) is 4.90 Å². The summed E-state index contributed by atoms with van der Waals surface area (Å²) in [5.74, 6) is -1.15. The third kappa shape index (κ3) is 2.25. The van der Waals surface area contributed by atoms with Gasteiger partial charge in [-0.3, -0.25) is 24.1 Å². The fraction of sp³-hybridized carbons (Fsp3) is 0.300. The third-order valence-corrected chi connectivity index (χ3v) is 5.00. The molecule has 132 valence electrons. The number of benzene rings is 2. The fourth-order valence-electron chi connectivity index (χ4n) is 3.69. The van der Waals surface area contributed by atoms with Crippen molar-refractivity contribution in [1.29, 1.82) is 0 Å². The topological polar surface area (TPSA) is 74.8 Å². The molecule has 2 heterocycles. The maximum absolute atomic E-state index is 12.8. The molecule has 0 aromatic heterocycles. The van der Waals surface area contributed by atoms with E-state index in [2.05, 4.69) is 0 Å². The lowest BCUT2D eigenvalue weighted by Crippen LogP contribution is -2.41. The summed E-state index contributed by atoms with van der Waals surface area (Å²) in [4.78, 5) is 52.4. The largest absolute Gasteiger partial charge is 0.274 e. The molecule has 0 aliphatic carbocycles. The summed E-state index contributed by atoms with van der Waals surface area (Å²) in [6.45, 7) is 2.39. The first-order valence-electron chi connectivity index (χ1n) is 8.82. The van der Waals surface area contributed by atoms with Crippen LogP contribution in [-0.2, 0) is 9.59 Å². The summed E-state index contributed by atoms with van der Waals surface area (Å²) >= 11 is 0. The molecule has 2 aromatic rings. The molecule has 4 amide bonds. The molecule has 6 nitrogen and oxygen atoms in total. The maximum Gasteiger partial charge on any atom is 0.261 e. The minimum Gasteiger partial charge on any atom is -0.274 e. The Hall–Kier alpha value is -3.02. The van der Waals surface area contributed by atoms with Gasteiger partial charge in [-0.15, -0.1) is 0 Å². The number of nitrogens with zero attached hydrogens (tertiary/aromatic N) is 2. The molecule has 26 heavy (non-hydrogen) atoms. The van der Waals surface area contributed by atoms with Crippen molar-refractivity contribution in [1.82, 2.24) is 4.90 Å². The quantitative estimate of drug-likeness (QED) is 0.795. The van der Waals surface area contributed by atoms with E-state index in [-0.39, 0.29) is 36.5 Å². The summed E-state index contributed by atoms with van der Waals surface area (Å²) < 4.78 is 0. The van der Waals surface area contributed by atoms with Crippen LogP contribution in [0.5, 0.6) is 0 Å². The average Bonchev–Trinajstić information content (AvgIpc) is 2.97. The molecule has 0 N–H and O–H groups in total. The van der Waals surface area contributed by atoms with Crippen molar-refractivity contribution >= 4 is 40.1 Å². The van der Waals surface area contributed by atoms with E-state index in [1.54, 1.807) is 30.3 Å². The molecule has 0 bridgehead atoms. The predicted molar refractivity (Wildman–Crippen MR) is 96.0 cm³/mol. The van der Waals surface area contributed by atoms with Crippen LogP contribution in [0.2, 0.25) is 0 Å². The van der Waals surface area contributed by atoms with Gasteiger partial charge in [-0.05, 0) is 24.6 Å². The van der Waals surface area contributed by atoms with Crippen LogP contribution in [0.4, 0.5) is 5.69 Å². The van der Waals surface area contributed by atoms with Crippen LogP contribution >= 0.6 is 0 Å². The lowest BCUT2D eigenvalue weighted by atomic mass is 9.92. The highest BCUT2D eigenvalue weighted by Crippen LogP contribution is 2.37. The van der Waals surface area contributed by atoms with Crippen LogP contribution in [0.15, 0.2) is 30.3 Å². The lowest BCUT2D eigenvalue weighted by Gasteiger charge is -2.28. The average molecular weight is 350 g/mol. The second-order valence-electron chi connectivity index (χ2n) is 6.60.